The normalized spacial score (nSPS) is 21.7. The second-order valence-corrected chi connectivity index (χ2v) is 5.18. The van der Waals surface area contributed by atoms with E-state index in [4.69, 9.17) is 0 Å². The van der Waals surface area contributed by atoms with Crippen molar-refractivity contribution < 1.29 is 4.79 Å². The lowest BCUT2D eigenvalue weighted by Crippen LogP contribution is -2.45. The highest BCUT2D eigenvalue weighted by Crippen LogP contribution is 2.44. The molecule has 0 aromatic carbocycles. The molecule has 0 aromatic heterocycles. The van der Waals surface area contributed by atoms with Crippen LogP contribution in [0.5, 0.6) is 0 Å². The summed E-state index contributed by atoms with van der Waals surface area (Å²) in [6, 6.07) is 0. The second-order valence-electron chi connectivity index (χ2n) is 5.18. The van der Waals surface area contributed by atoms with Gasteiger partial charge in [0.25, 0.3) is 0 Å². The summed E-state index contributed by atoms with van der Waals surface area (Å²) in [4.78, 5) is 12.5. The van der Waals surface area contributed by atoms with Crippen molar-refractivity contribution in [1.82, 2.24) is 4.90 Å². The molecule has 0 radical (unpaired) electrons. The molecule has 2 nitrogen and oxygen atoms in total. The molecule has 0 atom stereocenters. The molecule has 14 heavy (non-hydrogen) atoms. The maximum Gasteiger partial charge on any atom is 0.209 e. The molecule has 1 amide bonds. The Kier molecular flexibility index (Phi) is 3.57. The summed E-state index contributed by atoms with van der Waals surface area (Å²) in [5, 5.41) is 0. The van der Waals surface area contributed by atoms with Gasteiger partial charge < -0.3 is 4.90 Å². The van der Waals surface area contributed by atoms with E-state index >= 15 is 0 Å². The predicted molar refractivity (Wildman–Crippen MR) is 59.0 cm³/mol. The van der Waals surface area contributed by atoms with Crippen molar-refractivity contribution >= 4 is 6.41 Å². The lowest BCUT2D eigenvalue weighted by atomic mass is 9.63. The van der Waals surface area contributed by atoms with Gasteiger partial charge in [-0.05, 0) is 30.1 Å². The SMILES string of the molecule is CC(C)C1(C(C)C)CCN(C=O)CC1. The summed E-state index contributed by atoms with van der Waals surface area (Å²) in [6.07, 6.45) is 3.33. The number of hydrogen-bond donors (Lipinski definition) is 0. The summed E-state index contributed by atoms with van der Waals surface area (Å²) >= 11 is 0. The number of amides is 1. The largest absolute Gasteiger partial charge is 0.345 e. The number of rotatable bonds is 3. The van der Waals surface area contributed by atoms with E-state index in [9.17, 15) is 4.79 Å². The minimum atomic E-state index is 0.458. The van der Waals surface area contributed by atoms with Gasteiger partial charge in [-0.2, -0.15) is 0 Å². The first-order valence-electron chi connectivity index (χ1n) is 5.72. The van der Waals surface area contributed by atoms with Gasteiger partial charge in [-0.15, -0.1) is 0 Å². The number of nitrogens with zero attached hydrogens (tertiary/aromatic N) is 1. The highest BCUT2D eigenvalue weighted by atomic mass is 16.1. The van der Waals surface area contributed by atoms with Gasteiger partial charge in [-0.25, -0.2) is 0 Å². The fourth-order valence-corrected chi connectivity index (χ4v) is 2.87. The van der Waals surface area contributed by atoms with Crippen molar-refractivity contribution in [1.29, 1.82) is 0 Å². The molecule has 1 heterocycles. The van der Waals surface area contributed by atoms with Crippen LogP contribution in [0.15, 0.2) is 0 Å². The maximum atomic E-state index is 10.6. The van der Waals surface area contributed by atoms with Crippen LogP contribution in [-0.4, -0.2) is 24.4 Å². The second kappa shape index (κ2) is 4.33. The summed E-state index contributed by atoms with van der Waals surface area (Å²) in [5.41, 5.74) is 0.458. The minimum Gasteiger partial charge on any atom is -0.345 e. The van der Waals surface area contributed by atoms with Crippen molar-refractivity contribution in [2.45, 2.75) is 40.5 Å². The van der Waals surface area contributed by atoms with E-state index < -0.39 is 0 Å². The molecule has 82 valence electrons. The molecule has 0 saturated carbocycles. The summed E-state index contributed by atoms with van der Waals surface area (Å²) < 4.78 is 0. The van der Waals surface area contributed by atoms with Crippen molar-refractivity contribution in [2.24, 2.45) is 17.3 Å². The van der Waals surface area contributed by atoms with E-state index in [1.807, 2.05) is 4.90 Å². The van der Waals surface area contributed by atoms with E-state index in [-0.39, 0.29) is 0 Å². The lowest BCUT2D eigenvalue weighted by molar-refractivity contribution is -0.121. The van der Waals surface area contributed by atoms with Crippen molar-refractivity contribution in [3.63, 3.8) is 0 Å². The topological polar surface area (TPSA) is 20.3 Å². The van der Waals surface area contributed by atoms with Crippen LogP contribution in [0, 0.1) is 17.3 Å². The Morgan fingerprint density at radius 2 is 1.50 bits per heavy atom. The van der Waals surface area contributed by atoms with E-state index in [0.717, 1.165) is 31.3 Å². The number of carbonyl (C=O) groups excluding carboxylic acids is 1. The van der Waals surface area contributed by atoms with Crippen LogP contribution in [0.4, 0.5) is 0 Å². The lowest BCUT2D eigenvalue weighted by Gasteiger charge is -2.47. The van der Waals surface area contributed by atoms with Gasteiger partial charge >= 0.3 is 0 Å². The highest BCUT2D eigenvalue weighted by Gasteiger charge is 2.39. The van der Waals surface area contributed by atoms with Gasteiger partial charge in [0.05, 0.1) is 0 Å². The third-order valence-electron chi connectivity index (χ3n) is 4.18. The number of piperidine rings is 1. The molecule has 2 heteroatoms. The Hall–Kier alpha value is -0.530. The molecule has 1 fully saturated rings. The molecule has 1 rings (SSSR count). The molecule has 0 N–H and O–H groups in total. The molecule has 0 bridgehead atoms. The quantitative estimate of drug-likeness (QED) is 0.637. The molecule has 1 aliphatic heterocycles. The average molecular weight is 197 g/mol. The van der Waals surface area contributed by atoms with Crippen LogP contribution in [0.3, 0.4) is 0 Å². The van der Waals surface area contributed by atoms with Gasteiger partial charge in [-0.3, -0.25) is 4.79 Å². The van der Waals surface area contributed by atoms with Gasteiger partial charge in [0.1, 0.15) is 0 Å². The molecule has 0 unspecified atom stereocenters. The zero-order valence-electron chi connectivity index (χ0n) is 9.92. The Labute approximate surface area is 87.7 Å². The summed E-state index contributed by atoms with van der Waals surface area (Å²) in [5.74, 6) is 1.44. The first-order valence-corrected chi connectivity index (χ1v) is 5.72. The van der Waals surface area contributed by atoms with E-state index in [1.165, 1.54) is 12.8 Å². The first-order chi connectivity index (χ1) is 6.53. The zero-order valence-corrected chi connectivity index (χ0v) is 9.92. The van der Waals surface area contributed by atoms with E-state index in [2.05, 4.69) is 27.7 Å². The Morgan fingerprint density at radius 3 is 1.79 bits per heavy atom. The molecular weight excluding hydrogens is 174 g/mol. The fraction of sp³-hybridized carbons (Fsp3) is 0.917. The molecule has 1 saturated heterocycles. The first kappa shape index (κ1) is 11.5. The molecule has 0 spiro atoms. The van der Waals surface area contributed by atoms with Crippen LogP contribution in [0.2, 0.25) is 0 Å². The number of likely N-dealkylation sites (tertiary alicyclic amines) is 1. The monoisotopic (exact) mass is 197 g/mol. The standard InChI is InChI=1S/C12H23NO/c1-10(2)12(11(3)4)5-7-13(9-14)8-6-12/h9-11H,5-8H2,1-4H3. The smallest absolute Gasteiger partial charge is 0.209 e. The van der Waals surface area contributed by atoms with Crippen LogP contribution in [0.1, 0.15) is 40.5 Å². The van der Waals surface area contributed by atoms with Crippen LogP contribution in [0.25, 0.3) is 0 Å². The summed E-state index contributed by atoms with van der Waals surface area (Å²) in [7, 11) is 0. The zero-order chi connectivity index (χ0) is 10.8. The van der Waals surface area contributed by atoms with Crippen LogP contribution in [-0.2, 0) is 4.79 Å². The van der Waals surface area contributed by atoms with Gasteiger partial charge in [0.15, 0.2) is 0 Å². The Morgan fingerprint density at radius 1 is 1.07 bits per heavy atom. The maximum absolute atomic E-state index is 10.6. The predicted octanol–water partition coefficient (Wildman–Crippen LogP) is 2.54. The third kappa shape index (κ3) is 1.94. The third-order valence-corrected chi connectivity index (χ3v) is 4.18. The van der Waals surface area contributed by atoms with Crippen molar-refractivity contribution in [2.75, 3.05) is 13.1 Å². The Balaban J connectivity index is 2.69. The van der Waals surface area contributed by atoms with Crippen LogP contribution < -0.4 is 0 Å². The van der Waals surface area contributed by atoms with Gasteiger partial charge in [0, 0.05) is 13.1 Å². The minimum absolute atomic E-state index is 0.458. The highest BCUT2D eigenvalue weighted by molar-refractivity contribution is 5.47. The fourth-order valence-electron chi connectivity index (χ4n) is 2.87. The molecule has 1 aliphatic rings. The summed E-state index contributed by atoms with van der Waals surface area (Å²) in [6.45, 7) is 11.2. The van der Waals surface area contributed by atoms with Gasteiger partial charge in [0.2, 0.25) is 6.41 Å². The average Bonchev–Trinajstić information content (AvgIpc) is 2.17. The van der Waals surface area contributed by atoms with Crippen LogP contribution >= 0.6 is 0 Å². The number of carbonyl (C=O) groups is 1. The van der Waals surface area contributed by atoms with Crippen molar-refractivity contribution in [3.8, 4) is 0 Å². The Bertz CT molecular complexity index is 180. The van der Waals surface area contributed by atoms with Gasteiger partial charge in [-0.1, -0.05) is 27.7 Å². The molecule has 0 aliphatic carbocycles. The molecular formula is C12H23NO. The van der Waals surface area contributed by atoms with E-state index in [1.54, 1.807) is 0 Å². The number of hydrogen-bond acceptors (Lipinski definition) is 1. The van der Waals surface area contributed by atoms with Crippen molar-refractivity contribution in [3.05, 3.63) is 0 Å². The van der Waals surface area contributed by atoms with E-state index in [0.29, 0.717) is 5.41 Å². The molecule has 0 aromatic rings.